The summed E-state index contributed by atoms with van der Waals surface area (Å²) in [5.74, 6) is -0.420. The molecule has 0 saturated carbocycles. The molecule has 0 aromatic carbocycles. The summed E-state index contributed by atoms with van der Waals surface area (Å²) in [7, 11) is -4.03. The molecule has 0 radical (unpaired) electrons. The normalized spacial score (nSPS) is 24.7. The van der Waals surface area contributed by atoms with Crippen LogP contribution in [-0.4, -0.2) is 65.7 Å². The lowest BCUT2D eigenvalue weighted by molar-refractivity contribution is -0.125. The van der Waals surface area contributed by atoms with Gasteiger partial charge in [-0.25, -0.2) is 18.2 Å². The summed E-state index contributed by atoms with van der Waals surface area (Å²) >= 11 is 0. The van der Waals surface area contributed by atoms with Gasteiger partial charge in [0.2, 0.25) is 15.7 Å². The molecule has 192 valence electrons. The first-order valence-corrected chi connectivity index (χ1v) is 13.1. The Balaban J connectivity index is 2.23. The van der Waals surface area contributed by atoms with Crippen LogP contribution in [0.2, 0.25) is 0 Å². The molecule has 1 saturated heterocycles. The van der Waals surface area contributed by atoms with Crippen molar-refractivity contribution in [2.45, 2.75) is 101 Å². The molecule has 0 aliphatic carbocycles. The van der Waals surface area contributed by atoms with Crippen molar-refractivity contribution in [2.24, 2.45) is 5.92 Å². The fraction of sp³-hybridized carbons (Fsp3) is 0.696. The second-order valence-corrected chi connectivity index (χ2v) is 12.2. The number of alkyl carbamates (subject to hydrolysis) is 1. The number of carbonyl (C=O) groups is 2. The van der Waals surface area contributed by atoms with Gasteiger partial charge < -0.3 is 20.5 Å². The second-order valence-electron chi connectivity index (χ2n) is 10.2. The van der Waals surface area contributed by atoms with Gasteiger partial charge in [0.25, 0.3) is 0 Å². The predicted molar refractivity (Wildman–Crippen MR) is 128 cm³/mol. The van der Waals surface area contributed by atoms with Crippen molar-refractivity contribution >= 4 is 21.8 Å². The molecule has 11 heteroatoms. The largest absolute Gasteiger partial charge is 0.444 e. The fourth-order valence-corrected chi connectivity index (χ4v) is 5.49. The number of hydrogen-bond donors (Lipinski definition) is 4. The minimum absolute atomic E-state index is 0.0868. The van der Waals surface area contributed by atoms with Crippen LogP contribution in [0, 0.1) is 5.92 Å². The quantitative estimate of drug-likeness (QED) is 0.445. The van der Waals surface area contributed by atoms with Crippen LogP contribution < -0.4 is 16.0 Å². The first-order chi connectivity index (χ1) is 15.7. The van der Waals surface area contributed by atoms with E-state index in [1.54, 1.807) is 32.9 Å². The van der Waals surface area contributed by atoms with Crippen molar-refractivity contribution < 1.29 is 27.9 Å². The van der Waals surface area contributed by atoms with E-state index in [4.69, 9.17) is 4.74 Å². The van der Waals surface area contributed by atoms with Crippen LogP contribution in [-0.2, 0) is 19.4 Å². The van der Waals surface area contributed by atoms with Crippen molar-refractivity contribution in [3.8, 4) is 0 Å². The van der Waals surface area contributed by atoms with Crippen LogP contribution in [0.15, 0.2) is 29.4 Å². The molecular formula is C23H38N4O6S. The Kier molecular flexibility index (Phi) is 9.44. The van der Waals surface area contributed by atoms with Crippen molar-refractivity contribution in [3.63, 3.8) is 0 Å². The lowest BCUT2D eigenvalue weighted by atomic mass is 10.0. The SMILES string of the molecule is CC(C)C[C@H](NC(=O)OC(C)(C)C)C(=O)N[C@H]1CC[C@@H](C)NC(S(=O)(=O)c2ccccn2)[C@H]1O. The monoisotopic (exact) mass is 498 g/mol. The summed E-state index contributed by atoms with van der Waals surface area (Å²) in [6, 6.07) is 2.58. The highest BCUT2D eigenvalue weighted by Gasteiger charge is 2.42. The molecule has 1 aromatic rings. The topological polar surface area (TPSA) is 147 Å². The maximum absolute atomic E-state index is 13.2. The van der Waals surface area contributed by atoms with Gasteiger partial charge in [-0.05, 0) is 65.0 Å². The lowest BCUT2D eigenvalue weighted by Gasteiger charge is -2.30. The van der Waals surface area contributed by atoms with Crippen LogP contribution in [0.4, 0.5) is 4.79 Å². The van der Waals surface area contributed by atoms with E-state index in [2.05, 4.69) is 20.9 Å². The molecule has 34 heavy (non-hydrogen) atoms. The van der Waals surface area contributed by atoms with E-state index in [1.807, 2.05) is 20.8 Å². The smallest absolute Gasteiger partial charge is 0.408 e. The zero-order chi connectivity index (χ0) is 25.7. The molecule has 10 nitrogen and oxygen atoms in total. The molecule has 2 heterocycles. The maximum atomic E-state index is 13.2. The molecule has 0 spiro atoms. The number of aliphatic hydroxyl groups is 1. The van der Waals surface area contributed by atoms with Gasteiger partial charge in [0.05, 0.1) is 6.04 Å². The number of sulfone groups is 1. The van der Waals surface area contributed by atoms with Crippen molar-refractivity contribution in [2.75, 3.05) is 0 Å². The lowest BCUT2D eigenvalue weighted by Crippen LogP contribution is -2.58. The minimum atomic E-state index is -4.03. The van der Waals surface area contributed by atoms with Gasteiger partial charge in [-0.3, -0.25) is 10.1 Å². The van der Waals surface area contributed by atoms with E-state index in [-0.39, 0.29) is 17.0 Å². The van der Waals surface area contributed by atoms with Gasteiger partial charge in [0.1, 0.15) is 23.1 Å². The zero-order valence-electron chi connectivity index (χ0n) is 20.7. The van der Waals surface area contributed by atoms with Gasteiger partial charge in [-0.1, -0.05) is 19.9 Å². The Morgan fingerprint density at radius 1 is 1.26 bits per heavy atom. The first-order valence-electron chi connectivity index (χ1n) is 11.6. The average Bonchev–Trinajstić information content (AvgIpc) is 2.86. The predicted octanol–water partition coefficient (Wildman–Crippen LogP) is 1.74. The highest BCUT2D eigenvalue weighted by atomic mass is 32.2. The Labute approximate surface area is 202 Å². The van der Waals surface area contributed by atoms with Crippen LogP contribution in [0.3, 0.4) is 0 Å². The molecule has 1 fully saturated rings. The first kappa shape index (κ1) is 28.0. The van der Waals surface area contributed by atoms with Crippen molar-refractivity contribution in [1.82, 2.24) is 20.9 Å². The van der Waals surface area contributed by atoms with Crippen LogP contribution in [0.5, 0.6) is 0 Å². The number of aliphatic hydroxyl groups excluding tert-OH is 1. The van der Waals surface area contributed by atoms with Gasteiger partial charge >= 0.3 is 6.09 Å². The molecule has 1 unspecified atom stereocenters. The van der Waals surface area contributed by atoms with Gasteiger partial charge in [-0.15, -0.1) is 0 Å². The average molecular weight is 499 g/mol. The van der Waals surface area contributed by atoms with Gasteiger partial charge in [0.15, 0.2) is 5.03 Å². The molecule has 5 atom stereocenters. The molecule has 4 N–H and O–H groups in total. The Bertz CT molecular complexity index is 933. The van der Waals surface area contributed by atoms with E-state index < -0.39 is 51.0 Å². The fourth-order valence-electron chi connectivity index (χ4n) is 3.79. The highest BCUT2D eigenvalue weighted by Crippen LogP contribution is 2.23. The van der Waals surface area contributed by atoms with Crippen LogP contribution in [0.25, 0.3) is 0 Å². The van der Waals surface area contributed by atoms with Crippen molar-refractivity contribution in [1.29, 1.82) is 0 Å². The number of rotatable bonds is 7. The van der Waals surface area contributed by atoms with E-state index >= 15 is 0 Å². The van der Waals surface area contributed by atoms with Gasteiger partial charge in [0, 0.05) is 12.2 Å². The van der Waals surface area contributed by atoms with Crippen molar-refractivity contribution in [3.05, 3.63) is 24.4 Å². The molecule has 1 aliphatic heterocycles. The van der Waals surface area contributed by atoms with E-state index in [0.717, 1.165) is 0 Å². The molecule has 2 rings (SSSR count). The summed E-state index contributed by atoms with van der Waals surface area (Å²) < 4.78 is 31.7. The second kappa shape index (κ2) is 11.5. The standard InChI is InChI=1S/C23H38N4O6S/c1-14(2)13-17(27-22(30)33-23(4,5)6)20(29)26-16-11-10-15(3)25-21(19(16)28)34(31,32)18-9-7-8-12-24-18/h7-9,12,14-17,19,21,25,28H,10-11,13H2,1-6H3,(H,26,29)(H,27,30)/t15-,16+,17+,19+,21?/m1/s1. The summed E-state index contributed by atoms with van der Waals surface area (Å²) in [5.41, 5.74) is -0.727. The molecule has 1 aromatic heterocycles. The highest BCUT2D eigenvalue weighted by molar-refractivity contribution is 7.92. The van der Waals surface area contributed by atoms with E-state index in [0.29, 0.717) is 19.3 Å². The summed E-state index contributed by atoms with van der Waals surface area (Å²) in [6.45, 7) is 10.8. The number of carbonyl (C=O) groups excluding carboxylic acids is 2. The number of amides is 2. The number of nitrogens with zero attached hydrogens (tertiary/aromatic N) is 1. The number of hydrogen-bond acceptors (Lipinski definition) is 8. The van der Waals surface area contributed by atoms with Crippen LogP contribution >= 0.6 is 0 Å². The molecule has 0 bridgehead atoms. The van der Waals surface area contributed by atoms with E-state index in [9.17, 15) is 23.1 Å². The number of ether oxygens (including phenoxy) is 1. The molecule has 2 amide bonds. The Morgan fingerprint density at radius 3 is 2.50 bits per heavy atom. The third kappa shape index (κ3) is 7.92. The molecular weight excluding hydrogens is 460 g/mol. The number of pyridine rings is 1. The number of aromatic nitrogens is 1. The maximum Gasteiger partial charge on any atom is 0.408 e. The van der Waals surface area contributed by atoms with Gasteiger partial charge in [-0.2, -0.15) is 0 Å². The van der Waals surface area contributed by atoms with Crippen LogP contribution in [0.1, 0.15) is 60.8 Å². The third-order valence-corrected chi connectivity index (χ3v) is 7.30. The Morgan fingerprint density at radius 2 is 1.94 bits per heavy atom. The summed E-state index contributed by atoms with van der Waals surface area (Å²) in [6.07, 6.45) is 0.457. The Hall–Kier alpha value is -2.24. The van der Waals surface area contributed by atoms with E-state index in [1.165, 1.54) is 12.3 Å². The summed E-state index contributed by atoms with van der Waals surface area (Å²) in [5, 5.41) is 17.9. The summed E-state index contributed by atoms with van der Waals surface area (Å²) in [4.78, 5) is 29.4. The zero-order valence-corrected chi connectivity index (χ0v) is 21.6. The molecule has 1 aliphatic rings. The third-order valence-electron chi connectivity index (χ3n) is 5.39. The minimum Gasteiger partial charge on any atom is -0.444 e. The number of nitrogens with one attached hydrogen (secondary N) is 3.